The lowest BCUT2D eigenvalue weighted by molar-refractivity contribution is 0.151. The summed E-state index contributed by atoms with van der Waals surface area (Å²) < 4.78 is 5.32. The molecule has 1 aromatic rings. The molecule has 0 amide bonds. The number of benzene rings is 1. The number of nitrogens with one attached hydrogen (secondary N) is 1. The van der Waals surface area contributed by atoms with Gasteiger partial charge in [-0.15, -0.1) is 0 Å². The number of hydrogen-bond donors (Lipinski definition) is 1. The number of piperazine rings is 1. The van der Waals surface area contributed by atoms with Crippen LogP contribution in [0.4, 0.5) is 0 Å². The third-order valence-electron chi connectivity index (χ3n) is 3.73. The van der Waals surface area contributed by atoms with E-state index in [4.69, 9.17) is 4.74 Å². The minimum atomic E-state index is 0.549. The average molecular weight is 218 g/mol. The third kappa shape index (κ3) is 1.60. The van der Waals surface area contributed by atoms with E-state index in [0.29, 0.717) is 6.04 Å². The Kier molecular flexibility index (Phi) is 2.58. The summed E-state index contributed by atoms with van der Waals surface area (Å²) in [7, 11) is 1.74. The van der Waals surface area contributed by atoms with Crippen molar-refractivity contribution in [3.05, 3.63) is 29.3 Å². The Morgan fingerprint density at radius 3 is 3.19 bits per heavy atom. The van der Waals surface area contributed by atoms with Gasteiger partial charge in [0.05, 0.1) is 7.11 Å². The van der Waals surface area contributed by atoms with Gasteiger partial charge in [-0.1, -0.05) is 6.07 Å². The van der Waals surface area contributed by atoms with E-state index >= 15 is 0 Å². The van der Waals surface area contributed by atoms with Crippen molar-refractivity contribution in [3.63, 3.8) is 0 Å². The van der Waals surface area contributed by atoms with Crippen LogP contribution >= 0.6 is 0 Å². The Morgan fingerprint density at radius 2 is 2.31 bits per heavy atom. The molecule has 16 heavy (non-hydrogen) atoms. The number of methoxy groups -OCH3 is 1. The molecule has 3 nitrogen and oxygen atoms in total. The van der Waals surface area contributed by atoms with Gasteiger partial charge in [0, 0.05) is 32.2 Å². The summed E-state index contributed by atoms with van der Waals surface area (Å²) in [5.74, 6) is 0.978. The smallest absolute Gasteiger partial charge is 0.119 e. The molecule has 1 unspecified atom stereocenters. The maximum Gasteiger partial charge on any atom is 0.119 e. The maximum absolute atomic E-state index is 5.32. The first-order chi connectivity index (χ1) is 7.88. The molecule has 1 atom stereocenters. The van der Waals surface area contributed by atoms with Gasteiger partial charge in [0.25, 0.3) is 0 Å². The number of fused-ring (bicyclic) bond motifs is 3. The fraction of sp³-hybridized carbons (Fsp3) is 0.538. The van der Waals surface area contributed by atoms with E-state index in [1.54, 1.807) is 7.11 Å². The minimum absolute atomic E-state index is 0.549. The largest absolute Gasteiger partial charge is 0.497 e. The van der Waals surface area contributed by atoms with Crippen molar-refractivity contribution >= 4 is 0 Å². The molecule has 86 valence electrons. The van der Waals surface area contributed by atoms with Gasteiger partial charge in [-0.2, -0.15) is 0 Å². The Hall–Kier alpha value is -1.06. The summed E-state index contributed by atoms with van der Waals surface area (Å²) in [6.45, 7) is 4.56. The monoisotopic (exact) mass is 218 g/mol. The highest BCUT2D eigenvalue weighted by Gasteiger charge is 2.29. The van der Waals surface area contributed by atoms with Gasteiger partial charge in [-0.3, -0.25) is 4.90 Å². The lowest BCUT2D eigenvalue weighted by atomic mass is 9.91. The fourth-order valence-electron chi connectivity index (χ4n) is 2.82. The molecule has 1 N–H and O–H groups in total. The summed E-state index contributed by atoms with van der Waals surface area (Å²) in [5.41, 5.74) is 2.95. The summed E-state index contributed by atoms with van der Waals surface area (Å²) in [6.07, 6.45) is 1.18. The van der Waals surface area contributed by atoms with Gasteiger partial charge in [-0.05, 0) is 29.7 Å². The van der Waals surface area contributed by atoms with E-state index in [0.717, 1.165) is 18.8 Å². The molecule has 0 spiro atoms. The van der Waals surface area contributed by atoms with E-state index in [1.165, 1.54) is 30.6 Å². The molecule has 0 saturated carbocycles. The predicted molar refractivity (Wildman–Crippen MR) is 63.9 cm³/mol. The zero-order valence-electron chi connectivity index (χ0n) is 9.70. The van der Waals surface area contributed by atoms with Crippen LogP contribution in [-0.4, -0.2) is 38.2 Å². The first-order valence-electron chi connectivity index (χ1n) is 6.00. The zero-order valence-corrected chi connectivity index (χ0v) is 9.70. The second-order valence-corrected chi connectivity index (χ2v) is 4.57. The van der Waals surface area contributed by atoms with Crippen LogP contribution in [0.3, 0.4) is 0 Å². The van der Waals surface area contributed by atoms with Crippen molar-refractivity contribution < 1.29 is 4.74 Å². The normalized spacial score (nSPS) is 24.7. The number of hydrogen-bond acceptors (Lipinski definition) is 3. The first kappa shape index (κ1) is 10.1. The highest BCUT2D eigenvalue weighted by molar-refractivity contribution is 5.39. The van der Waals surface area contributed by atoms with Gasteiger partial charge in [-0.25, -0.2) is 0 Å². The van der Waals surface area contributed by atoms with Crippen molar-refractivity contribution in [2.75, 3.05) is 33.3 Å². The molecular formula is C13H18N2O. The van der Waals surface area contributed by atoms with Crippen LogP contribution < -0.4 is 10.1 Å². The molecule has 2 heterocycles. The van der Waals surface area contributed by atoms with Crippen LogP contribution in [0, 0.1) is 0 Å². The highest BCUT2D eigenvalue weighted by Crippen LogP contribution is 2.32. The van der Waals surface area contributed by atoms with Crippen molar-refractivity contribution in [1.29, 1.82) is 0 Å². The van der Waals surface area contributed by atoms with Gasteiger partial charge in [0.15, 0.2) is 0 Å². The molecule has 2 aliphatic rings. The quantitative estimate of drug-likeness (QED) is 0.766. The molecule has 2 aliphatic heterocycles. The van der Waals surface area contributed by atoms with Crippen LogP contribution in [0.25, 0.3) is 0 Å². The fourth-order valence-corrected chi connectivity index (χ4v) is 2.82. The first-order valence-corrected chi connectivity index (χ1v) is 6.00. The molecule has 1 saturated heterocycles. The molecule has 3 heteroatoms. The topological polar surface area (TPSA) is 24.5 Å². The number of nitrogens with zero attached hydrogens (tertiary/aromatic N) is 1. The van der Waals surface area contributed by atoms with Crippen LogP contribution in [0.2, 0.25) is 0 Å². The Balaban J connectivity index is 1.98. The van der Waals surface area contributed by atoms with E-state index in [9.17, 15) is 0 Å². The van der Waals surface area contributed by atoms with Gasteiger partial charge < -0.3 is 10.1 Å². The van der Waals surface area contributed by atoms with Gasteiger partial charge >= 0.3 is 0 Å². The molecule has 0 aromatic heterocycles. The van der Waals surface area contributed by atoms with Gasteiger partial charge in [0.2, 0.25) is 0 Å². The van der Waals surface area contributed by atoms with Crippen molar-refractivity contribution in [2.24, 2.45) is 0 Å². The molecule has 0 aliphatic carbocycles. The van der Waals surface area contributed by atoms with Crippen LogP contribution in [0.1, 0.15) is 17.2 Å². The average Bonchev–Trinajstić information content (AvgIpc) is 2.38. The molecule has 3 rings (SSSR count). The molecule has 0 radical (unpaired) electrons. The third-order valence-corrected chi connectivity index (χ3v) is 3.73. The predicted octanol–water partition coefficient (Wildman–Crippen LogP) is 1.20. The summed E-state index contributed by atoms with van der Waals surface area (Å²) in [5, 5.41) is 3.48. The van der Waals surface area contributed by atoms with Crippen LogP contribution in [0.15, 0.2) is 18.2 Å². The Bertz CT molecular complexity index is 392. The van der Waals surface area contributed by atoms with Crippen LogP contribution in [0.5, 0.6) is 5.75 Å². The van der Waals surface area contributed by atoms with Crippen molar-refractivity contribution in [2.45, 2.75) is 12.5 Å². The summed E-state index contributed by atoms with van der Waals surface area (Å²) >= 11 is 0. The maximum atomic E-state index is 5.32. The molecule has 1 aromatic carbocycles. The SMILES string of the molecule is COc1ccc2c(c1)C1CNCCN1CC2. The van der Waals surface area contributed by atoms with E-state index < -0.39 is 0 Å². The number of ether oxygens (including phenoxy) is 1. The van der Waals surface area contributed by atoms with E-state index in [1.807, 2.05) is 0 Å². The van der Waals surface area contributed by atoms with E-state index in [-0.39, 0.29) is 0 Å². The van der Waals surface area contributed by atoms with E-state index in [2.05, 4.69) is 28.4 Å². The summed E-state index contributed by atoms with van der Waals surface area (Å²) in [4.78, 5) is 2.58. The minimum Gasteiger partial charge on any atom is -0.497 e. The molecule has 0 bridgehead atoms. The van der Waals surface area contributed by atoms with Gasteiger partial charge in [0.1, 0.15) is 5.75 Å². The van der Waals surface area contributed by atoms with Crippen molar-refractivity contribution in [1.82, 2.24) is 10.2 Å². The summed E-state index contributed by atoms with van der Waals surface area (Å²) in [6, 6.07) is 7.05. The molecular weight excluding hydrogens is 200 g/mol. The highest BCUT2D eigenvalue weighted by atomic mass is 16.5. The second-order valence-electron chi connectivity index (χ2n) is 4.57. The Labute approximate surface area is 96.4 Å². The standard InChI is InChI=1S/C13H18N2O/c1-16-11-3-2-10-4-6-15-7-5-14-9-13(15)12(10)8-11/h2-3,8,13-14H,4-7,9H2,1H3. The van der Waals surface area contributed by atoms with Crippen LogP contribution in [-0.2, 0) is 6.42 Å². The Morgan fingerprint density at radius 1 is 1.38 bits per heavy atom. The second kappa shape index (κ2) is 4.07. The zero-order chi connectivity index (χ0) is 11.0. The lowest BCUT2D eigenvalue weighted by Crippen LogP contribution is -2.48. The lowest BCUT2D eigenvalue weighted by Gasteiger charge is -2.40. The van der Waals surface area contributed by atoms with Crippen molar-refractivity contribution in [3.8, 4) is 5.75 Å². The molecule has 1 fully saturated rings. The number of rotatable bonds is 1.